The summed E-state index contributed by atoms with van der Waals surface area (Å²) in [6.45, 7) is 2.26. The van der Waals surface area contributed by atoms with E-state index >= 15 is 0 Å². The standard InChI is InChI=1S/C16H22N2OS/c1-11-2-6-13(7-3-11)16(19)18-14-8-4-12(5-9-14)10-15(17)20/h4-5,8-9,11,13H,2-3,6-7,10H2,1H3,(H2,17,20)(H,18,19). The van der Waals surface area contributed by atoms with Gasteiger partial charge in [0, 0.05) is 18.0 Å². The molecular weight excluding hydrogens is 268 g/mol. The van der Waals surface area contributed by atoms with Crippen molar-refractivity contribution in [2.24, 2.45) is 17.6 Å². The topological polar surface area (TPSA) is 55.1 Å². The van der Waals surface area contributed by atoms with Gasteiger partial charge in [-0.25, -0.2) is 0 Å². The molecule has 3 nitrogen and oxygen atoms in total. The van der Waals surface area contributed by atoms with E-state index in [0.717, 1.165) is 42.9 Å². The minimum Gasteiger partial charge on any atom is -0.393 e. The predicted molar refractivity (Wildman–Crippen MR) is 86.7 cm³/mol. The molecule has 0 atom stereocenters. The molecule has 0 radical (unpaired) electrons. The van der Waals surface area contributed by atoms with Crippen LogP contribution >= 0.6 is 12.2 Å². The second-order valence-corrected chi connectivity index (χ2v) is 6.31. The number of benzene rings is 1. The minimum atomic E-state index is 0.152. The van der Waals surface area contributed by atoms with Gasteiger partial charge in [0.15, 0.2) is 0 Å². The molecule has 1 aromatic carbocycles. The summed E-state index contributed by atoms with van der Waals surface area (Å²) in [6, 6.07) is 7.74. The first-order chi connectivity index (χ1) is 9.54. The molecule has 0 aromatic heterocycles. The number of carbonyl (C=O) groups excluding carboxylic acids is 1. The van der Waals surface area contributed by atoms with E-state index in [1.807, 2.05) is 24.3 Å². The number of nitrogens with one attached hydrogen (secondary N) is 1. The third-order valence-electron chi connectivity index (χ3n) is 3.99. The molecule has 108 valence electrons. The Kier molecular flexibility index (Phi) is 5.12. The Hall–Kier alpha value is -1.42. The first kappa shape index (κ1) is 15.0. The zero-order valence-corrected chi connectivity index (χ0v) is 12.7. The number of carbonyl (C=O) groups is 1. The molecule has 3 N–H and O–H groups in total. The number of hydrogen-bond donors (Lipinski definition) is 2. The van der Waals surface area contributed by atoms with E-state index in [9.17, 15) is 4.79 Å². The van der Waals surface area contributed by atoms with E-state index in [1.54, 1.807) is 0 Å². The summed E-state index contributed by atoms with van der Waals surface area (Å²) in [6.07, 6.45) is 4.93. The number of amides is 1. The normalized spacial score (nSPS) is 22.2. The molecule has 4 heteroatoms. The average Bonchev–Trinajstić information content (AvgIpc) is 2.41. The molecule has 1 amide bonds. The van der Waals surface area contributed by atoms with Crippen LogP contribution < -0.4 is 11.1 Å². The van der Waals surface area contributed by atoms with Gasteiger partial charge in [-0.15, -0.1) is 0 Å². The molecule has 2 rings (SSSR count). The van der Waals surface area contributed by atoms with Gasteiger partial charge in [-0.2, -0.15) is 0 Å². The van der Waals surface area contributed by atoms with Gasteiger partial charge in [0.1, 0.15) is 0 Å². The lowest BCUT2D eigenvalue weighted by Gasteiger charge is -2.25. The lowest BCUT2D eigenvalue weighted by molar-refractivity contribution is -0.121. The smallest absolute Gasteiger partial charge is 0.227 e. The maximum absolute atomic E-state index is 12.2. The Labute approximate surface area is 125 Å². The third-order valence-corrected chi connectivity index (χ3v) is 4.13. The van der Waals surface area contributed by atoms with Crippen LogP contribution in [0.1, 0.15) is 38.2 Å². The summed E-state index contributed by atoms with van der Waals surface area (Å²) in [4.78, 5) is 12.7. The number of thiocarbonyl (C=S) groups is 1. The highest BCUT2D eigenvalue weighted by molar-refractivity contribution is 7.80. The van der Waals surface area contributed by atoms with Gasteiger partial charge >= 0.3 is 0 Å². The number of nitrogens with two attached hydrogens (primary N) is 1. The number of anilines is 1. The molecule has 0 saturated heterocycles. The number of hydrogen-bond acceptors (Lipinski definition) is 2. The van der Waals surface area contributed by atoms with Gasteiger partial charge in [0.25, 0.3) is 0 Å². The molecule has 1 aromatic rings. The Bertz CT molecular complexity index is 476. The van der Waals surface area contributed by atoms with Crippen molar-refractivity contribution in [3.05, 3.63) is 29.8 Å². The van der Waals surface area contributed by atoms with Crippen molar-refractivity contribution >= 4 is 28.8 Å². The first-order valence-electron chi connectivity index (χ1n) is 7.22. The van der Waals surface area contributed by atoms with Gasteiger partial charge in [-0.05, 0) is 49.3 Å². The zero-order chi connectivity index (χ0) is 14.5. The molecule has 1 aliphatic carbocycles. The molecule has 0 bridgehead atoms. The van der Waals surface area contributed by atoms with Crippen molar-refractivity contribution in [2.75, 3.05) is 5.32 Å². The summed E-state index contributed by atoms with van der Waals surface area (Å²) < 4.78 is 0. The molecule has 1 fully saturated rings. The van der Waals surface area contributed by atoms with Gasteiger partial charge in [-0.1, -0.05) is 31.3 Å². The van der Waals surface area contributed by atoms with Gasteiger partial charge in [0.2, 0.25) is 5.91 Å². The summed E-state index contributed by atoms with van der Waals surface area (Å²) in [7, 11) is 0. The minimum absolute atomic E-state index is 0.152. The van der Waals surface area contributed by atoms with Crippen molar-refractivity contribution in [3.63, 3.8) is 0 Å². The van der Waals surface area contributed by atoms with E-state index < -0.39 is 0 Å². The maximum Gasteiger partial charge on any atom is 0.227 e. The van der Waals surface area contributed by atoms with Gasteiger partial charge in [0.05, 0.1) is 4.99 Å². The van der Waals surface area contributed by atoms with Crippen LogP contribution in [0.15, 0.2) is 24.3 Å². The molecule has 0 aliphatic heterocycles. The maximum atomic E-state index is 12.2. The van der Waals surface area contributed by atoms with Crippen LogP contribution in [0.2, 0.25) is 0 Å². The van der Waals surface area contributed by atoms with E-state index in [-0.39, 0.29) is 11.8 Å². The lowest BCUT2D eigenvalue weighted by Crippen LogP contribution is -2.26. The molecule has 1 aliphatic rings. The number of rotatable bonds is 4. The monoisotopic (exact) mass is 290 g/mol. The highest BCUT2D eigenvalue weighted by Crippen LogP contribution is 2.29. The lowest BCUT2D eigenvalue weighted by atomic mass is 9.82. The fourth-order valence-electron chi connectivity index (χ4n) is 2.67. The van der Waals surface area contributed by atoms with Crippen LogP contribution in [-0.4, -0.2) is 10.9 Å². The second-order valence-electron chi connectivity index (χ2n) is 5.79. The highest BCUT2D eigenvalue weighted by Gasteiger charge is 2.24. The van der Waals surface area contributed by atoms with Crippen LogP contribution in [-0.2, 0) is 11.2 Å². The second kappa shape index (κ2) is 6.84. The molecule has 0 unspecified atom stereocenters. The van der Waals surface area contributed by atoms with Crippen LogP contribution in [0.3, 0.4) is 0 Å². The van der Waals surface area contributed by atoms with Crippen molar-refractivity contribution in [2.45, 2.75) is 39.0 Å². The van der Waals surface area contributed by atoms with Crippen LogP contribution in [0.4, 0.5) is 5.69 Å². The summed E-state index contributed by atoms with van der Waals surface area (Å²) in [5.74, 6) is 1.08. The fourth-order valence-corrected chi connectivity index (χ4v) is 2.84. The van der Waals surface area contributed by atoms with E-state index in [1.165, 1.54) is 0 Å². The molecule has 0 spiro atoms. The van der Waals surface area contributed by atoms with Crippen LogP contribution in [0, 0.1) is 11.8 Å². The summed E-state index contributed by atoms with van der Waals surface area (Å²) in [5, 5.41) is 3.00. The van der Waals surface area contributed by atoms with Crippen molar-refractivity contribution in [3.8, 4) is 0 Å². The summed E-state index contributed by atoms with van der Waals surface area (Å²) >= 11 is 4.88. The van der Waals surface area contributed by atoms with E-state index in [2.05, 4.69) is 12.2 Å². The highest BCUT2D eigenvalue weighted by atomic mass is 32.1. The van der Waals surface area contributed by atoms with Gasteiger partial charge in [-0.3, -0.25) is 4.79 Å². The Morgan fingerprint density at radius 3 is 2.40 bits per heavy atom. The van der Waals surface area contributed by atoms with Crippen molar-refractivity contribution in [1.29, 1.82) is 0 Å². The predicted octanol–water partition coefficient (Wildman–Crippen LogP) is 3.28. The molecule has 1 saturated carbocycles. The van der Waals surface area contributed by atoms with Crippen molar-refractivity contribution in [1.82, 2.24) is 0 Å². The van der Waals surface area contributed by atoms with E-state index in [4.69, 9.17) is 18.0 Å². The Morgan fingerprint density at radius 2 is 1.85 bits per heavy atom. The molecular formula is C16H22N2OS. The SMILES string of the molecule is CC1CCC(C(=O)Nc2ccc(CC(N)=S)cc2)CC1. The molecule has 20 heavy (non-hydrogen) atoms. The fraction of sp³-hybridized carbons (Fsp3) is 0.500. The summed E-state index contributed by atoms with van der Waals surface area (Å²) in [5.41, 5.74) is 7.43. The van der Waals surface area contributed by atoms with E-state index in [0.29, 0.717) is 11.4 Å². The quantitative estimate of drug-likeness (QED) is 0.837. The first-order valence-corrected chi connectivity index (χ1v) is 7.63. The Morgan fingerprint density at radius 1 is 1.25 bits per heavy atom. The third kappa shape index (κ3) is 4.30. The van der Waals surface area contributed by atoms with Crippen molar-refractivity contribution < 1.29 is 4.79 Å². The zero-order valence-electron chi connectivity index (χ0n) is 11.9. The average molecular weight is 290 g/mol. The van der Waals surface area contributed by atoms with Crippen LogP contribution in [0.5, 0.6) is 0 Å². The molecule has 0 heterocycles. The van der Waals surface area contributed by atoms with Gasteiger partial charge < -0.3 is 11.1 Å². The largest absolute Gasteiger partial charge is 0.393 e. The Balaban J connectivity index is 1.89. The van der Waals surface area contributed by atoms with Crippen LogP contribution in [0.25, 0.3) is 0 Å².